The molecule has 3 aromatic rings. The summed E-state index contributed by atoms with van der Waals surface area (Å²) in [6.07, 6.45) is 1.61. The number of rotatable bonds is 7. The van der Waals surface area contributed by atoms with E-state index in [1.165, 1.54) is 18.8 Å². The van der Waals surface area contributed by atoms with Gasteiger partial charge in [-0.15, -0.1) is 0 Å². The molecule has 0 aliphatic carbocycles. The zero-order valence-electron chi connectivity index (χ0n) is 17.9. The first-order valence-electron chi connectivity index (χ1n) is 9.61. The lowest BCUT2D eigenvalue weighted by Gasteiger charge is -2.21. The van der Waals surface area contributed by atoms with Crippen molar-refractivity contribution >= 4 is 16.7 Å². The van der Waals surface area contributed by atoms with Crippen LogP contribution >= 0.6 is 0 Å². The van der Waals surface area contributed by atoms with Crippen molar-refractivity contribution in [1.29, 1.82) is 0 Å². The lowest BCUT2D eigenvalue weighted by atomic mass is 10.0. The van der Waals surface area contributed by atoms with E-state index >= 15 is 0 Å². The molecular weight excluding hydrogens is 384 g/mol. The van der Waals surface area contributed by atoms with Crippen molar-refractivity contribution in [3.8, 4) is 17.2 Å². The number of amides is 1. The van der Waals surface area contributed by atoms with Crippen LogP contribution in [0.1, 0.15) is 22.8 Å². The van der Waals surface area contributed by atoms with Gasteiger partial charge < -0.3 is 23.7 Å². The van der Waals surface area contributed by atoms with Crippen LogP contribution in [-0.2, 0) is 13.1 Å². The molecule has 0 spiro atoms. The van der Waals surface area contributed by atoms with Gasteiger partial charge in [0.05, 0.1) is 32.3 Å². The lowest BCUT2D eigenvalue weighted by Crippen LogP contribution is -2.29. The van der Waals surface area contributed by atoms with Crippen molar-refractivity contribution in [3.05, 3.63) is 64.1 Å². The average Bonchev–Trinajstić information content (AvgIpc) is 2.78. The standard InChI is InChI=1S/C23H26N2O5/c1-6-25-14-18(16-11-20(29-4)21(30-5)12-17(16)23(25)27)22(26)24(2)13-15-9-7-8-10-19(15)28-3/h7-12,14H,6,13H2,1-5H3. The van der Waals surface area contributed by atoms with Gasteiger partial charge >= 0.3 is 0 Å². The summed E-state index contributed by atoms with van der Waals surface area (Å²) >= 11 is 0. The highest BCUT2D eigenvalue weighted by molar-refractivity contribution is 6.07. The Morgan fingerprint density at radius 3 is 2.17 bits per heavy atom. The summed E-state index contributed by atoms with van der Waals surface area (Å²) in [4.78, 5) is 27.9. The molecule has 0 aliphatic rings. The van der Waals surface area contributed by atoms with Crippen LogP contribution in [0.15, 0.2) is 47.4 Å². The molecule has 1 heterocycles. The molecule has 0 saturated heterocycles. The Bertz CT molecular complexity index is 1140. The minimum absolute atomic E-state index is 0.183. The molecule has 158 valence electrons. The van der Waals surface area contributed by atoms with Crippen LogP contribution in [0.25, 0.3) is 10.8 Å². The second kappa shape index (κ2) is 8.90. The number of benzene rings is 2. The highest BCUT2D eigenvalue weighted by Gasteiger charge is 2.21. The Hall–Kier alpha value is -3.48. The molecule has 0 N–H and O–H groups in total. The molecule has 0 unspecified atom stereocenters. The van der Waals surface area contributed by atoms with Crippen molar-refractivity contribution in [2.45, 2.75) is 20.0 Å². The number of carbonyl (C=O) groups is 1. The Labute approximate surface area is 175 Å². The molecule has 0 aliphatic heterocycles. The molecule has 7 heteroatoms. The van der Waals surface area contributed by atoms with E-state index in [4.69, 9.17) is 14.2 Å². The van der Waals surface area contributed by atoms with E-state index in [0.29, 0.717) is 46.7 Å². The van der Waals surface area contributed by atoms with Gasteiger partial charge in [-0.1, -0.05) is 18.2 Å². The van der Waals surface area contributed by atoms with Gasteiger partial charge in [0, 0.05) is 37.3 Å². The number of para-hydroxylation sites is 1. The van der Waals surface area contributed by atoms with Crippen LogP contribution in [0.4, 0.5) is 0 Å². The highest BCUT2D eigenvalue weighted by Crippen LogP contribution is 2.33. The second-order valence-electron chi connectivity index (χ2n) is 6.86. The van der Waals surface area contributed by atoms with Gasteiger partial charge in [-0.3, -0.25) is 9.59 Å². The van der Waals surface area contributed by atoms with E-state index in [9.17, 15) is 9.59 Å². The first-order valence-corrected chi connectivity index (χ1v) is 9.61. The predicted octanol–water partition coefficient (Wildman–Crippen LogP) is 3.32. The fraction of sp³-hybridized carbons (Fsp3) is 0.304. The van der Waals surface area contributed by atoms with Gasteiger partial charge in [-0.2, -0.15) is 0 Å². The maximum Gasteiger partial charge on any atom is 0.258 e. The van der Waals surface area contributed by atoms with Gasteiger partial charge in [0.1, 0.15) is 5.75 Å². The summed E-state index contributed by atoms with van der Waals surface area (Å²) in [6.45, 7) is 2.67. The minimum Gasteiger partial charge on any atom is -0.496 e. The smallest absolute Gasteiger partial charge is 0.258 e. The number of methoxy groups -OCH3 is 3. The van der Waals surface area contributed by atoms with Gasteiger partial charge in [0.15, 0.2) is 11.5 Å². The third-order valence-electron chi connectivity index (χ3n) is 5.11. The third-order valence-corrected chi connectivity index (χ3v) is 5.11. The molecule has 0 radical (unpaired) electrons. The second-order valence-corrected chi connectivity index (χ2v) is 6.86. The Morgan fingerprint density at radius 2 is 1.57 bits per heavy atom. The van der Waals surface area contributed by atoms with Crippen LogP contribution in [0.3, 0.4) is 0 Å². The summed E-state index contributed by atoms with van der Waals surface area (Å²) < 4.78 is 17.7. The fourth-order valence-corrected chi connectivity index (χ4v) is 3.49. The zero-order valence-corrected chi connectivity index (χ0v) is 17.9. The zero-order chi connectivity index (χ0) is 21.8. The van der Waals surface area contributed by atoms with E-state index in [1.807, 2.05) is 31.2 Å². The lowest BCUT2D eigenvalue weighted by molar-refractivity contribution is 0.0785. The van der Waals surface area contributed by atoms with Crippen molar-refractivity contribution in [3.63, 3.8) is 0 Å². The largest absolute Gasteiger partial charge is 0.496 e. The van der Waals surface area contributed by atoms with Gasteiger partial charge in [0.2, 0.25) is 0 Å². The normalized spacial score (nSPS) is 10.7. The number of nitrogens with zero attached hydrogens (tertiary/aromatic N) is 2. The number of aromatic nitrogens is 1. The number of hydrogen-bond acceptors (Lipinski definition) is 5. The van der Waals surface area contributed by atoms with Crippen LogP contribution in [0, 0.1) is 0 Å². The van der Waals surface area contributed by atoms with E-state index in [2.05, 4.69) is 0 Å². The number of pyridine rings is 1. The minimum atomic E-state index is -0.208. The van der Waals surface area contributed by atoms with Crippen LogP contribution in [0.5, 0.6) is 17.2 Å². The average molecular weight is 410 g/mol. The van der Waals surface area contributed by atoms with Crippen LogP contribution in [0.2, 0.25) is 0 Å². The van der Waals surface area contributed by atoms with E-state index in [1.54, 1.807) is 37.4 Å². The van der Waals surface area contributed by atoms with Crippen LogP contribution < -0.4 is 19.8 Å². The van der Waals surface area contributed by atoms with E-state index in [0.717, 1.165) is 5.56 Å². The van der Waals surface area contributed by atoms with E-state index in [-0.39, 0.29) is 11.5 Å². The van der Waals surface area contributed by atoms with Crippen molar-refractivity contribution < 1.29 is 19.0 Å². The number of ether oxygens (including phenoxy) is 3. The maximum atomic E-state index is 13.4. The number of hydrogen-bond donors (Lipinski definition) is 0. The molecular formula is C23H26N2O5. The number of aryl methyl sites for hydroxylation is 1. The molecule has 0 bridgehead atoms. The van der Waals surface area contributed by atoms with Crippen molar-refractivity contribution in [2.24, 2.45) is 0 Å². The Balaban J connectivity index is 2.12. The Morgan fingerprint density at radius 1 is 0.967 bits per heavy atom. The Kier molecular flexibility index (Phi) is 6.30. The fourth-order valence-electron chi connectivity index (χ4n) is 3.49. The van der Waals surface area contributed by atoms with Crippen molar-refractivity contribution in [2.75, 3.05) is 28.4 Å². The van der Waals surface area contributed by atoms with E-state index < -0.39 is 0 Å². The summed E-state index contributed by atoms with van der Waals surface area (Å²) in [5, 5.41) is 0.935. The molecule has 0 fully saturated rings. The summed E-state index contributed by atoms with van der Waals surface area (Å²) in [6, 6.07) is 10.9. The highest BCUT2D eigenvalue weighted by atomic mass is 16.5. The molecule has 1 aromatic heterocycles. The quantitative estimate of drug-likeness (QED) is 0.598. The van der Waals surface area contributed by atoms with Gasteiger partial charge in [-0.05, 0) is 25.1 Å². The van der Waals surface area contributed by atoms with Gasteiger partial charge in [0.25, 0.3) is 11.5 Å². The SMILES string of the molecule is CCn1cc(C(=O)N(C)Cc2ccccc2OC)c2cc(OC)c(OC)cc2c1=O. The summed E-state index contributed by atoms with van der Waals surface area (Å²) in [7, 11) is 6.36. The predicted molar refractivity (Wildman–Crippen MR) is 116 cm³/mol. The molecule has 2 aromatic carbocycles. The van der Waals surface area contributed by atoms with Crippen LogP contribution in [-0.4, -0.2) is 43.8 Å². The molecule has 3 rings (SSSR count). The molecule has 7 nitrogen and oxygen atoms in total. The molecule has 0 saturated carbocycles. The van der Waals surface area contributed by atoms with Crippen molar-refractivity contribution in [1.82, 2.24) is 9.47 Å². The number of carbonyl (C=O) groups excluding carboxylic acids is 1. The molecule has 0 atom stereocenters. The molecule has 1 amide bonds. The topological polar surface area (TPSA) is 70.0 Å². The molecule has 30 heavy (non-hydrogen) atoms. The monoisotopic (exact) mass is 410 g/mol. The maximum absolute atomic E-state index is 13.4. The first-order chi connectivity index (χ1) is 14.4. The first kappa shape index (κ1) is 21.2. The number of fused-ring (bicyclic) bond motifs is 1. The summed E-state index contributed by atoms with van der Waals surface area (Å²) in [5.41, 5.74) is 1.13. The third kappa shape index (κ3) is 3.83. The van der Waals surface area contributed by atoms with Gasteiger partial charge in [-0.25, -0.2) is 0 Å². The summed E-state index contributed by atoms with van der Waals surface area (Å²) in [5.74, 6) is 1.41.